The summed E-state index contributed by atoms with van der Waals surface area (Å²) >= 11 is 1.59. The van der Waals surface area contributed by atoms with Crippen LogP contribution in [0.2, 0.25) is 0 Å². The molecule has 0 bridgehead atoms. The van der Waals surface area contributed by atoms with Crippen LogP contribution in [0.15, 0.2) is 64.8 Å². The van der Waals surface area contributed by atoms with E-state index in [1.54, 1.807) is 39.3 Å². The highest BCUT2D eigenvalue weighted by molar-refractivity contribution is 8.00. The molecule has 0 aromatic heterocycles. The van der Waals surface area contributed by atoms with Gasteiger partial charge < -0.3 is 9.47 Å². The van der Waals surface area contributed by atoms with Crippen molar-refractivity contribution in [2.75, 3.05) is 32.8 Å². The average molecular weight is 389 g/mol. The van der Waals surface area contributed by atoms with Crippen LogP contribution in [-0.4, -0.2) is 45.0 Å². The van der Waals surface area contributed by atoms with E-state index in [4.69, 9.17) is 4.74 Å². The van der Waals surface area contributed by atoms with Crippen molar-refractivity contribution in [3.63, 3.8) is 0 Å². The van der Waals surface area contributed by atoms with E-state index in [0.717, 1.165) is 23.5 Å². The Balaban J connectivity index is 0.00000114. The lowest BCUT2D eigenvalue weighted by atomic mass is 10.1. The zero-order valence-corrected chi connectivity index (χ0v) is 17.2. The van der Waals surface area contributed by atoms with Crippen LogP contribution >= 0.6 is 11.8 Å². The molecule has 1 amide bonds. The highest BCUT2D eigenvalue weighted by Gasteiger charge is 2.05. The molecule has 5 nitrogen and oxygen atoms in total. The third-order valence-corrected chi connectivity index (χ3v) is 4.46. The second-order valence-electron chi connectivity index (χ2n) is 5.71. The number of thioether (sulfide) groups is 1. The average Bonchev–Trinajstić information content (AvgIpc) is 2.87. The van der Waals surface area contributed by atoms with E-state index in [1.807, 2.05) is 24.3 Å². The number of carbonyl (C=O) groups excluding carboxylic acids is 1. The van der Waals surface area contributed by atoms with E-state index in [9.17, 15) is 4.79 Å². The summed E-state index contributed by atoms with van der Waals surface area (Å²) in [7, 11) is 4.87. The predicted octanol–water partition coefficient (Wildman–Crippen LogP) is 3.97. The summed E-state index contributed by atoms with van der Waals surface area (Å²) < 4.78 is 9.39. The lowest BCUT2D eigenvalue weighted by Crippen LogP contribution is -2.20. The van der Waals surface area contributed by atoms with Gasteiger partial charge >= 0.3 is 0 Å². The van der Waals surface area contributed by atoms with E-state index >= 15 is 0 Å². The first-order valence-electron chi connectivity index (χ1n) is 8.57. The van der Waals surface area contributed by atoms with Gasteiger partial charge in [-0.05, 0) is 42.2 Å². The number of amides is 1. The van der Waals surface area contributed by atoms with Crippen molar-refractivity contribution in [1.82, 2.24) is 5.43 Å². The van der Waals surface area contributed by atoms with Gasteiger partial charge in [-0.25, -0.2) is 5.43 Å². The summed E-state index contributed by atoms with van der Waals surface area (Å²) in [6.07, 6.45) is 11.1. The summed E-state index contributed by atoms with van der Waals surface area (Å²) in [5, 5.41) is 3.98. The number of hydrazone groups is 1. The SMILES string of the molecule is COC.COc1cccc(/C=N/NC(=O)CSCC2=CCC=CC=C2C)c1. The van der Waals surface area contributed by atoms with Gasteiger partial charge in [0, 0.05) is 20.0 Å². The van der Waals surface area contributed by atoms with E-state index in [1.165, 1.54) is 11.1 Å². The van der Waals surface area contributed by atoms with E-state index in [0.29, 0.717) is 5.75 Å². The Hall–Kier alpha value is -2.31. The molecule has 0 unspecified atom stereocenters. The topological polar surface area (TPSA) is 59.9 Å². The number of benzene rings is 1. The molecule has 2 rings (SSSR count). The van der Waals surface area contributed by atoms with Crippen LogP contribution < -0.4 is 10.2 Å². The molecule has 0 saturated carbocycles. The number of methoxy groups -OCH3 is 2. The fraction of sp³-hybridized carbons (Fsp3) is 0.333. The fourth-order valence-corrected chi connectivity index (χ4v) is 3.05. The van der Waals surface area contributed by atoms with Crippen molar-refractivity contribution in [2.45, 2.75) is 13.3 Å². The summed E-state index contributed by atoms with van der Waals surface area (Å²) in [6.45, 7) is 2.10. The number of nitrogens with one attached hydrogen (secondary N) is 1. The van der Waals surface area contributed by atoms with Crippen LogP contribution in [0.25, 0.3) is 0 Å². The number of hydrogen-bond donors (Lipinski definition) is 1. The van der Waals surface area contributed by atoms with Gasteiger partial charge in [-0.1, -0.05) is 36.4 Å². The van der Waals surface area contributed by atoms with Gasteiger partial charge in [-0.2, -0.15) is 5.10 Å². The van der Waals surface area contributed by atoms with Gasteiger partial charge in [-0.3, -0.25) is 4.79 Å². The maximum absolute atomic E-state index is 11.8. The van der Waals surface area contributed by atoms with Crippen LogP contribution in [0, 0.1) is 0 Å². The zero-order chi connectivity index (χ0) is 19.9. The van der Waals surface area contributed by atoms with Gasteiger partial charge in [0.15, 0.2) is 0 Å². The second-order valence-corrected chi connectivity index (χ2v) is 6.70. The number of hydrogen-bond acceptors (Lipinski definition) is 5. The molecule has 1 aliphatic carbocycles. The van der Waals surface area contributed by atoms with Gasteiger partial charge in [0.1, 0.15) is 5.75 Å². The summed E-state index contributed by atoms with van der Waals surface area (Å²) in [5.74, 6) is 1.87. The molecule has 0 radical (unpaired) electrons. The minimum absolute atomic E-state index is 0.104. The molecule has 1 aromatic rings. The number of allylic oxidation sites excluding steroid dienone is 5. The molecule has 0 atom stereocenters. The molecule has 0 fully saturated rings. The predicted molar refractivity (Wildman–Crippen MR) is 115 cm³/mol. The van der Waals surface area contributed by atoms with Crippen LogP contribution in [0.5, 0.6) is 5.75 Å². The molecule has 1 aromatic carbocycles. The summed E-state index contributed by atoms with van der Waals surface area (Å²) in [6, 6.07) is 7.49. The van der Waals surface area contributed by atoms with Gasteiger partial charge in [-0.15, -0.1) is 11.8 Å². The molecule has 146 valence electrons. The van der Waals surface area contributed by atoms with Crippen LogP contribution in [0.4, 0.5) is 0 Å². The molecule has 1 aliphatic rings. The van der Waals surface area contributed by atoms with Crippen molar-refractivity contribution in [3.05, 3.63) is 65.3 Å². The number of nitrogens with zero attached hydrogens (tertiary/aromatic N) is 1. The zero-order valence-electron chi connectivity index (χ0n) is 16.4. The maximum atomic E-state index is 11.8. The van der Waals surface area contributed by atoms with Crippen LogP contribution in [0.3, 0.4) is 0 Å². The third-order valence-electron chi connectivity index (χ3n) is 3.48. The van der Waals surface area contributed by atoms with Crippen molar-refractivity contribution in [3.8, 4) is 5.75 Å². The Labute approximate surface area is 166 Å². The van der Waals surface area contributed by atoms with Crippen LogP contribution in [0.1, 0.15) is 18.9 Å². The molecule has 0 heterocycles. The van der Waals surface area contributed by atoms with E-state index in [-0.39, 0.29) is 5.91 Å². The van der Waals surface area contributed by atoms with E-state index < -0.39 is 0 Å². The van der Waals surface area contributed by atoms with Crippen LogP contribution in [-0.2, 0) is 9.53 Å². The normalized spacial score (nSPS) is 13.2. The third kappa shape index (κ3) is 9.82. The molecule has 0 saturated heterocycles. The highest BCUT2D eigenvalue weighted by Crippen LogP contribution is 2.19. The molecular formula is C21H28N2O3S. The Morgan fingerprint density at radius 1 is 1.33 bits per heavy atom. The molecule has 0 aliphatic heterocycles. The van der Waals surface area contributed by atoms with Crippen molar-refractivity contribution in [1.29, 1.82) is 0 Å². The Morgan fingerprint density at radius 2 is 2.11 bits per heavy atom. The largest absolute Gasteiger partial charge is 0.497 e. The Kier molecular flexibility index (Phi) is 11.6. The molecule has 27 heavy (non-hydrogen) atoms. The second kappa shape index (κ2) is 13.8. The standard InChI is InChI=1S/C19H22N2O2S.C2H6O/c1-15-7-4-3-5-9-17(15)13-24-14-19(22)21-20-12-16-8-6-10-18(11-16)23-2;1-3-2/h3-4,6-12H,5,13-14H2,1-2H3,(H,21,22);1-2H3/b20-12+;. The number of ether oxygens (including phenoxy) is 2. The number of rotatable bonds is 7. The quantitative estimate of drug-likeness (QED) is 0.567. The highest BCUT2D eigenvalue weighted by atomic mass is 32.2. The van der Waals surface area contributed by atoms with Gasteiger partial charge in [0.25, 0.3) is 0 Å². The number of carbonyl (C=O) groups is 1. The maximum Gasteiger partial charge on any atom is 0.250 e. The Morgan fingerprint density at radius 3 is 2.85 bits per heavy atom. The van der Waals surface area contributed by atoms with Gasteiger partial charge in [0.05, 0.1) is 19.1 Å². The van der Waals surface area contributed by atoms with Crippen molar-refractivity contribution < 1.29 is 14.3 Å². The minimum atomic E-state index is -0.104. The fourth-order valence-electron chi connectivity index (χ4n) is 2.13. The lowest BCUT2D eigenvalue weighted by Gasteiger charge is -2.06. The smallest absolute Gasteiger partial charge is 0.250 e. The summed E-state index contributed by atoms with van der Waals surface area (Å²) in [5.41, 5.74) is 5.97. The molecule has 1 N–H and O–H groups in total. The lowest BCUT2D eigenvalue weighted by molar-refractivity contribution is -0.118. The molecular weight excluding hydrogens is 360 g/mol. The van der Waals surface area contributed by atoms with E-state index in [2.05, 4.69) is 46.5 Å². The first-order chi connectivity index (χ1) is 13.1. The van der Waals surface area contributed by atoms with Gasteiger partial charge in [0.2, 0.25) is 5.91 Å². The first kappa shape index (κ1) is 22.7. The first-order valence-corrected chi connectivity index (χ1v) is 9.72. The molecule has 0 spiro atoms. The monoisotopic (exact) mass is 388 g/mol. The van der Waals surface area contributed by atoms with Crippen molar-refractivity contribution in [2.24, 2.45) is 5.10 Å². The molecule has 6 heteroatoms. The summed E-state index contributed by atoms with van der Waals surface area (Å²) in [4.78, 5) is 11.8. The minimum Gasteiger partial charge on any atom is -0.497 e. The Bertz CT molecular complexity index is 709. The van der Waals surface area contributed by atoms with Crippen molar-refractivity contribution >= 4 is 23.9 Å².